The summed E-state index contributed by atoms with van der Waals surface area (Å²) in [5.41, 5.74) is 2.03. The molecule has 2 aromatic carbocycles. The topological polar surface area (TPSA) is 100 Å². The molecular weight excluding hydrogens is 410 g/mol. The van der Waals surface area contributed by atoms with Crippen LogP contribution in [-0.2, 0) is 11.3 Å². The first kappa shape index (κ1) is 19.8. The molecule has 0 saturated heterocycles. The van der Waals surface area contributed by atoms with E-state index in [4.69, 9.17) is 9.47 Å². The fourth-order valence-corrected chi connectivity index (χ4v) is 3.70. The van der Waals surface area contributed by atoms with E-state index >= 15 is 0 Å². The number of hydrogen-bond donors (Lipinski definition) is 1. The lowest BCUT2D eigenvalue weighted by molar-refractivity contribution is -0.117. The van der Waals surface area contributed by atoms with Gasteiger partial charge in [-0.15, -0.1) is 0 Å². The van der Waals surface area contributed by atoms with Gasteiger partial charge < -0.3 is 14.8 Å². The number of rotatable bonds is 5. The number of amides is 1. The molecule has 162 valence electrons. The minimum atomic E-state index is -0.383. The van der Waals surface area contributed by atoms with Crippen molar-refractivity contribution >= 4 is 22.5 Å². The van der Waals surface area contributed by atoms with Crippen LogP contribution < -0.4 is 20.3 Å². The van der Waals surface area contributed by atoms with E-state index in [2.05, 4.69) is 15.5 Å². The molecule has 0 saturated carbocycles. The number of ether oxygens (including phenoxy) is 2. The third-order valence-corrected chi connectivity index (χ3v) is 5.21. The maximum absolute atomic E-state index is 13.3. The molecule has 1 aliphatic heterocycles. The number of para-hydroxylation sites is 1. The van der Waals surface area contributed by atoms with E-state index in [9.17, 15) is 9.59 Å². The molecule has 0 fully saturated rings. The van der Waals surface area contributed by atoms with E-state index < -0.39 is 0 Å². The van der Waals surface area contributed by atoms with Gasteiger partial charge >= 0.3 is 0 Å². The van der Waals surface area contributed by atoms with Crippen LogP contribution in [0.4, 0.5) is 5.69 Å². The summed E-state index contributed by atoms with van der Waals surface area (Å²) < 4.78 is 13.4. The van der Waals surface area contributed by atoms with Crippen molar-refractivity contribution in [3.63, 3.8) is 0 Å². The maximum Gasteiger partial charge on any atom is 0.293 e. The Bertz CT molecular complexity index is 1370. The van der Waals surface area contributed by atoms with Crippen LogP contribution in [0.3, 0.4) is 0 Å². The van der Waals surface area contributed by atoms with Crippen LogP contribution in [0.25, 0.3) is 16.6 Å². The lowest BCUT2D eigenvalue weighted by Crippen LogP contribution is -2.31. The minimum Gasteiger partial charge on any atom is -0.454 e. The predicted octanol–water partition coefficient (Wildman–Crippen LogP) is 3.07. The van der Waals surface area contributed by atoms with Gasteiger partial charge in [0.15, 0.2) is 11.5 Å². The van der Waals surface area contributed by atoms with Gasteiger partial charge in [0.1, 0.15) is 12.1 Å². The average Bonchev–Trinajstić information content (AvgIpc) is 3.43. The van der Waals surface area contributed by atoms with Gasteiger partial charge in [0.05, 0.1) is 17.6 Å². The van der Waals surface area contributed by atoms with Crippen molar-refractivity contribution in [1.29, 1.82) is 0 Å². The summed E-state index contributed by atoms with van der Waals surface area (Å²) >= 11 is 0. The summed E-state index contributed by atoms with van der Waals surface area (Å²) in [5.74, 6) is 0.850. The van der Waals surface area contributed by atoms with Crippen LogP contribution >= 0.6 is 0 Å². The van der Waals surface area contributed by atoms with Crippen molar-refractivity contribution < 1.29 is 14.3 Å². The Balaban J connectivity index is 1.51. The number of benzene rings is 2. The largest absolute Gasteiger partial charge is 0.454 e. The van der Waals surface area contributed by atoms with Gasteiger partial charge in [-0.2, -0.15) is 10.2 Å². The number of carbonyl (C=O) groups excluding carboxylic acids is 1. The molecule has 0 unspecified atom stereocenters. The van der Waals surface area contributed by atoms with Gasteiger partial charge in [-0.1, -0.05) is 32.0 Å². The zero-order chi connectivity index (χ0) is 22.2. The van der Waals surface area contributed by atoms with E-state index in [1.807, 2.05) is 44.2 Å². The minimum absolute atomic E-state index is 0.0368. The summed E-state index contributed by atoms with van der Waals surface area (Å²) in [7, 11) is 0. The van der Waals surface area contributed by atoms with Crippen molar-refractivity contribution in [2.75, 3.05) is 12.1 Å². The highest BCUT2D eigenvalue weighted by Gasteiger charge is 2.20. The summed E-state index contributed by atoms with van der Waals surface area (Å²) in [5, 5.41) is 12.4. The Morgan fingerprint density at radius 3 is 2.69 bits per heavy atom. The number of nitrogens with zero attached hydrogens (tertiary/aromatic N) is 4. The normalized spacial score (nSPS) is 12.5. The van der Waals surface area contributed by atoms with Crippen molar-refractivity contribution in [3.8, 4) is 17.2 Å². The number of carbonyl (C=O) groups is 1. The standard InChI is InChI=1S/C23H21N5O4/c1-14(2)21-17-11-24-28(16-6-4-3-5-7-16)22(17)23(30)27(26-21)12-20(29)25-15-8-9-18-19(10-15)32-13-31-18/h3-11,14H,12-13H2,1-2H3,(H,25,29). The summed E-state index contributed by atoms with van der Waals surface area (Å²) in [4.78, 5) is 26.1. The average molecular weight is 431 g/mol. The van der Waals surface area contributed by atoms with Gasteiger partial charge in [-0.05, 0) is 30.2 Å². The molecule has 1 amide bonds. The van der Waals surface area contributed by atoms with Gasteiger partial charge in [0.25, 0.3) is 5.56 Å². The van der Waals surface area contributed by atoms with Crippen molar-refractivity contribution in [1.82, 2.24) is 19.6 Å². The highest BCUT2D eigenvalue weighted by Crippen LogP contribution is 2.34. The number of nitrogens with one attached hydrogen (secondary N) is 1. The van der Waals surface area contributed by atoms with Crippen LogP contribution in [0.15, 0.2) is 59.5 Å². The monoisotopic (exact) mass is 431 g/mol. The molecule has 32 heavy (non-hydrogen) atoms. The van der Waals surface area contributed by atoms with E-state index in [-0.39, 0.29) is 30.7 Å². The van der Waals surface area contributed by atoms with Gasteiger partial charge in [-0.25, -0.2) is 9.36 Å². The molecule has 1 aliphatic rings. The molecule has 9 nitrogen and oxygen atoms in total. The first-order valence-electron chi connectivity index (χ1n) is 10.2. The molecule has 0 spiro atoms. The third-order valence-electron chi connectivity index (χ3n) is 5.21. The maximum atomic E-state index is 13.3. The number of hydrogen-bond acceptors (Lipinski definition) is 6. The van der Waals surface area contributed by atoms with E-state index in [1.54, 1.807) is 29.1 Å². The first-order chi connectivity index (χ1) is 15.5. The molecular formula is C23H21N5O4. The smallest absolute Gasteiger partial charge is 0.293 e. The lowest BCUT2D eigenvalue weighted by atomic mass is 10.1. The van der Waals surface area contributed by atoms with Crippen LogP contribution in [0, 0.1) is 0 Å². The second kappa shape index (κ2) is 7.84. The van der Waals surface area contributed by atoms with E-state index in [0.717, 1.165) is 5.69 Å². The lowest BCUT2D eigenvalue weighted by Gasteiger charge is -2.12. The first-order valence-corrected chi connectivity index (χ1v) is 10.2. The fourth-order valence-electron chi connectivity index (χ4n) is 3.70. The molecule has 0 bridgehead atoms. The number of fused-ring (bicyclic) bond motifs is 2. The molecule has 0 atom stereocenters. The predicted molar refractivity (Wildman–Crippen MR) is 118 cm³/mol. The SMILES string of the molecule is CC(C)c1nn(CC(=O)Nc2ccc3c(c2)OCO3)c(=O)c2c1cnn2-c1ccccc1. The molecule has 0 aliphatic carbocycles. The van der Waals surface area contributed by atoms with Gasteiger partial charge in [0, 0.05) is 17.1 Å². The van der Waals surface area contributed by atoms with Crippen LogP contribution in [0.2, 0.25) is 0 Å². The second-order valence-electron chi connectivity index (χ2n) is 7.77. The zero-order valence-electron chi connectivity index (χ0n) is 17.6. The molecule has 2 aromatic heterocycles. The summed E-state index contributed by atoms with van der Waals surface area (Å²) in [6.45, 7) is 3.90. The highest BCUT2D eigenvalue weighted by atomic mass is 16.7. The summed E-state index contributed by atoms with van der Waals surface area (Å²) in [6.07, 6.45) is 1.66. The summed E-state index contributed by atoms with van der Waals surface area (Å²) in [6, 6.07) is 14.5. The molecule has 3 heterocycles. The van der Waals surface area contributed by atoms with Gasteiger partial charge in [0.2, 0.25) is 12.7 Å². The van der Waals surface area contributed by atoms with Crippen LogP contribution in [0.5, 0.6) is 11.5 Å². The van der Waals surface area contributed by atoms with E-state index in [1.165, 1.54) is 4.68 Å². The Kier molecular flexibility index (Phi) is 4.85. The number of aromatic nitrogens is 4. The molecule has 0 radical (unpaired) electrons. The fraction of sp³-hybridized carbons (Fsp3) is 0.217. The van der Waals surface area contributed by atoms with Crippen LogP contribution in [0.1, 0.15) is 25.5 Å². The Morgan fingerprint density at radius 2 is 1.91 bits per heavy atom. The quantitative estimate of drug-likeness (QED) is 0.521. The van der Waals surface area contributed by atoms with Crippen molar-refractivity contribution in [2.45, 2.75) is 26.3 Å². The number of anilines is 1. The zero-order valence-corrected chi connectivity index (χ0v) is 17.6. The third kappa shape index (κ3) is 3.47. The Hall–Kier alpha value is -4.14. The Labute approximate surface area is 183 Å². The van der Waals surface area contributed by atoms with Crippen molar-refractivity contribution in [3.05, 3.63) is 70.8 Å². The molecule has 9 heteroatoms. The van der Waals surface area contributed by atoms with E-state index in [0.29, 0.717) is 33.8 Å². The second-order valence-corrected chi connectivity index (χ2v) is 7.77. The molecule has 4 aromatic rings. The molecule has 5 rings (SSSR count). The van der Waals surface area contributed by atoms with Crippen molar-refractivity contribution in [2.24, 2.45) is 0 Å². The van der Waals surface area contributed by atoms with Crippen LogP contribution in [-0.4, -0.2) is 32.3 Å². The Morgan fingerprint density at radius 1 is 1.12 bits per heavy atom. The highest BCUT2D eigenvalue weighted by molar-refractivity contribution is 5.91. The molecule has 1 N–H and O–H groups in total. The van der Waals surface area contributed by atoms with Gasteiger partial charge in [-0.3, -0.25) is 9.59 Å².